The highest BCUT2D eigenvalue weighted by Crippen LogP contribution is 2.36. The van der Waals surface area contributed by atoms with E-state index in [1.807, 2.05) is 11.8 Å². The Morgan fingerprint density at radius 3 is 2.85 bits per heavy atom. The molecule has 2 heterocycles. The molecule has 2 rings (SSSR count). The topological polar surface area (TPSA) is 75.7 Å². The van der Waals surface area contributed by atoms with Crippen LogP contribution in [-0.2, 0) is 19.6 Å². The lowest BCUT2D eigenvalue weighted by molar-refractivity contribution is -0.137. The molecule has 0 aromatic rings. The van der Waals surface area contributed by atoms with Gasteiger partial charge in [-0.25, -0.2) is 13.1 Å². The van der Waals surface area contributed by atoms with Crippen LogP contribution in [0.5, 0.6) is 0 Å². The van der Waals surface area contributed by atoms with Gasteiger partial charge in [0.05, 0.1) is 18.0 Å². The van der Waals surface area contributed by atoms with Crippen LogP contribution in [0.1, 0.15) is 39.0 Å². The molecule has 1 spiro atoms. The summed E-state index contributed by atoms with van der Waals surface area (Å²) in [6, 6.07) is 0. The molecule has 0 bridgehead atoms. The Bertz CT molecular complexity index is 465. The molecule has 2 atom stereocenters. The van der Waals surface area contributed by atoms with Crippen LogP contribution in [0.15, 0.2) is 0 Å². The Labute approximate surface area is 120 Å². The molecule has 0 aromatic carbocycles. The van der Waals surface area contributed by atoms with E-state index in [1.165, 1.54) is 0 Å². The maximum absolute atomic E-state index is 11.8. The number of ether oxygens (including phenoxy) is 1. The van der Waals surface area contributed by atoms with Gasteiger partial charge in [0.15, 0.2) is 0 Å². The lowest BCUT2D eigenvalue weighted by Gasteiger charge is -2.38. The van der Waals surface area contributed by atoms with E-state index in [2.05, 4.69) is 4.72 Å². The maximum Gasteiger partial charge on any atom is 0.222 e. The third-order valence-corrected chi connectivity index (χ3v) is 4.81. The van der Waals surface area contributed by atoms with E-state index in [0.29, 0.717) is 19.5 Å². The molecule has 2 aliphatic heterocycles. The first-order valence-electron chi connectivity index (χ1n) is 7.24. The summed E-state index contributed by atoms with van der Waals surface area (Å²) in [6.07, 6.45) is 5.29. The molecular weight excluding hydrogens is 280 g/mol. The second-order valence-electron chi connectivity index (χ2n) is 5.85. The number of carbonyl (C=O) groups excluding carboxylic acids is 1. The standard InChI is InChI=1S/C13H24N2O4S/c1-3-12(16)15-8-7-13(10-15)6-4-5-11(19-13)9-14-20(2,17)18/h11,14H,3-10H2,1-2H3/t11-,13-/m1/s1. The first-order valence-corrected chi connectivity index (χ1v) is 9.13. The van der Waals surface area contributed by atoms with Crippen LogP contribution in [-0.4, -0.2) is 56.8 Å². The Kier molecular flexibility index (Phi) is 4.71. The Hall–Kier alpha value is -0.660. The first kappa shape index (κ1) is 15.7. The van der Waals surface area contributed by atoms with Crippen molar-refractivity contribution in [2.75, 3.05) is 25.9 Å². The third kappa shape index (κ3) is 3.93. The third-order valence-electron chi connectivity index (χ3n) is 4.12. The number of hydrogen-bond acceptors (Lipinski definition) is 4. The minimum absolute atomic E-state index is 0.0878. The van der Waals surface area contributed by atoms with Gasteiger partial charge in [0.2, 0.25) is 15.9 Å². The zero-order valence-electron chi connectivity index (χ0n) is 12.2. The van der Waals surface area contributed by atoms with Crippen molar-refractivity contribution in [3.8, 4) is 0 Å². The van der Waals surface area contributed by atoms with Crippen LogP contribution in [0.4, 0.5) is 0 Å². The minimum Gasteiger partial charge on any atom is -0.368 e. The number of nitrogens with zero attached hydrogens (tertiary/aromatic N) is 1. The highest BCUT2D eigenvalue weighted by Gasteiger charge is 2.44. The van der Waals surface area contributed by atoms with E-state index in [0.717, 1.165) is 38.5 Å². The summed E-state index contributed by atoms with van der Waals surface area (Å²) < 4.78 is 30.9. The van der Waals surface area contributed by atoms with Gasteiger partial charge in [-0.2, -0.15) is 0 Å². The maximum atomic E-state index is 11.8. The quantitative estimate of drug-likeness (QED) is 0.820. The van der Waals surface area contributed by atoms with Gasteiger partial charge in [0.25, 0.3) is 0 Å². The molecule has 116 valence electrons. The number of hydrogen-bond donors (Lipinski definition) is 1. The van der Waals surface area contributed by atoms with Crippen molar-refractivity contribution in [3.05, 3.63) is 0 Å². The summed E-state index contributed by atoms with van der Waals surface area (Å²) in [6.45, 7) is 3.59. The van der Waals surface area contributed by atoms with Crippen molar-refractivity contribution in [1.82, 2.24) is 9.62 Å². The van der Waals surface area contributed by atoms with Crippen LogP contribution >= 0.6 is 0 Å². The second kappa shape index (κ2) is 5.99. The Balaban J connectivity index is 1.92. The number of rotatable bonds is 4. The zero-order chi connectivity index (χ0) is 14.8. The van der Waals surface area contributed by atoms with Crippen molar-refractivity contribution in [1.29, 1.82) is 0 Å². The van der Waals surface area contributed by atoms with Crippen LogP contribution in [0, 0.1) is 0 Å². The largest absolute Gasteiger partial charge is 0.368 e. The number of sulfonamides is 1. The van der Waals surface area contributed by atoms with Gasteiger partial charge in [0, 0.05) is 26.1 Å². The molecular formula is C13H24N2O4S. The van der Waals surface area contributed by atoms with Gasteiger partial charge in [-0.3, -0.25) is 4.79 Å². The minimum atomic E-state index is -3.18. The molecule has 1 N–H and O–H groups in total. The summed E-state index contributed by atoms with van der Waals surface area (Å²) in [5.41, 5.74) is -0.257. The van der Waals surface area contributed by atoms with Crippen molar-refractivity contribution in [2.45, 2.75) is 50.7 Å². The Morgan fingerprint density at radius 2 is 2.20 bits per heavy atom. The van der Waals surface area contributed by atoms with Crippen molar-refractivity contribution < 1.29 is 17.9 Å². The fraction of sp³-hybridized carbons (Fsp3) is 0.923. The highest BCUT2D eigenvalue weighted by atomic mass is 32.2. The molecule has 0 aliphatic carbocycles. The van der Waals surface area contributed by atoms with Gasteiger partial charge in [-0.05, 0) is 25.7 Å². The van der Waals surface area contributed by atoms with E-state index in [4.69, 9.17) is 4.74 Å². The monoisotopic (exact) mass is 304 g/mol. The molecule has 0 unspecified atom stereocenters. The molecule has 20 heavy (non-hydrogen) atoms. The summed E-state index contributed by atoms with van der Waals surface area (Å²) in [5, 5.41) is 0. The fourth-order valence-corrected chi connectivity index (χ4v) is 3.58. The van der Waals surface area contributed by atoms with E-state index in [9.17, 15) is 13.2 Å². The first-order chi connectivity index (χ1) is 9.34. The van der Waals surface area contributed by atoms with Gasteiger partial charge in [-0.15, -0.1) is 0 Å². The summed E-state index contributed by atoms with van der Waals surface area (Å²) in [4.78, 5) is 13.6. The average molecular weight is 304 g/mol. The van der Waals surface area contributed by atoms with Crippen molar-refractivity contribution in [3.63, 3.8) is 0 Å². The van der Waals surface area contributed by atoms with Gasteiger partial charge in [-0.1, -0.05) is 6.92 Å². The Morgan fingerprint density at radius 1 is 1.45 bits per heavy atom. The molecule has 0 saturated carbocycles. The van der Waals surface area contributed by atoms with Gasteiger partial charge < -0.3 is 9.64 Å². The van der Waals surface area contributed by atoms with Gasteiger partial charge in [0.1, 0.15) is 0 Å². The lowest BCUT2D eigenvalue weighted by atomic mass is 9.90. The van der Waals surface area contributed by atoms with Crippen molar-refractivity contribution >= 4 is 15.9 Å². The number of amides is 1. The number of likely N-dealkylation sites (tertiary alicyclic amines) is 1. The summed E-state index contributed by atoms with van der Waals surface area (Å²) in [7, 11) is -3.18. The van der Waals surface area contributed by atoms with Crippen LogP contribution in [0.3, 0.4) is 0 Å². The normalized spacial score (nSPS) is 30.9. The molecule has 0 aromatic heterocycles. The molecule has 7 heteroatoms. The summed E-state index contributed by atoms with van der Waals surface area (Å²) >= 11 is 0. The smallest absolute Gasteiger partial charge is 0.222 e. The van der Waals surface area contributed by atoms with Crippen LogP contribution < -0.4 is 4.72 Å². The lowest BCUT2D eigenvalue weighted by Crippen LogP contribution is -2.47. The predicted molar refractivity (Wildman–Crippen MR) is 75.8 cm³/mol. The van der Waals surface area contributed by atoms with E-state index < -0.39 is 10.0 Å². The molecule has 6 nitrogen and oxygen atoms in total. The SMILES string of the molecule is CCC(=O)N1CC[C@]2(CCC[C@H](CNS(C)(=O)=O)O2)C1. The van der Waals surface area contributed by atoms with Crippen LogP contribution in [0.25, 0.3) is 0 Å². The molecule has 2 fully saturated rings. The predicted octanol–water partition coefficient (Wildman–Crippen LogP) is 0.486. The molecule has 0 radical (unpaired) electrons. The highest BCUT2D eigenvalue weighted by molar-refractivity contribution is 7.88. The fourth-order valence-electron chi connectivity index (χ4n) is 3.09. The summed E-state index contributed by atoms with van der Waals surface area (Å²) in [5.74, 6) is 0.168. The molecule has 2 saturated heterocycles. The van der Waals surface area contributed by atoms with Crippen LogP contribution in [0.2, 0.25) is 0 Å². The molecule has 1 amide bonds. The zero-order valence-corrected chi connectivity index (χ0v) is 13.0. The number of nitrogens with one attached hydrogen (secondary N) is 1. The van der Waals surface area contributed by atoms with E-state index >= 15 is 0 Å². The second-order valence-corrected chi connectivity index (χ2v) is 7.69. The number of carbonyl (C=O) groups is 1. The van der Waals surface area contributed by atoms with Crippen molar-refractivity contribution in [2.24, 2.45) is 0 Å². The average Bonchev–Trinajstić information content (AvgIpc) is 2.78. The van der Waals surface area contributed by atoms with E-state index in [1.54, 1.807) is 0 Å². The molecule has 2 aliphatic rings. The van der Waals surface area contributed by atoms with E-state index in [-0.39, 0.29) is 17.6 Å². The van der Waals surface area contributed by atoms with Gasteiger partial charge >= 0.3 is 0 Å².